The predicted molar refractivity (Wildman–Crippen MR) is 197 cm³/mol. The molecule has 0 atom stereocenters. The van der Waals surface area contributed by atoms with Gasteiger partial charge in [-0.25, -0.2) is 0 Å². The Morgan fingerprint density at radius 2 is 0.673 bits per heavy atom. The lowest BCUT2D eigenvalue weighted by atomic mass is 10.0. The Hall–Kier alpha value is -6.89. The molecule has 0 amide bonds. The largest absolute Gasteiger partial charge is 0.501 e. The van der Waals surface area contributed by atoms with E-state index in [0.29, 0.717) is 79.5 Å². The van der Waals surface area contributed by atoms with Crippen LogP contribution in [0.4, 0.5) is 0 Å². The van der Waals surface area contributed by atoms with Crippen LogP contribution >= 0.6 is 0 Å². The molecule has 55 heavy (non-hydrogen) atoms. The maximum Gasteiger partial charge on any atom is 0.501 e. The molecule has 18 nitrogen and oxygen atoms in total. The summed E-state index contributed by atoms with van der Waals surface area (Å²) in [5, 5.41) is 22.5. The van der Waals surface area contributed by atoms with Crippen molar-refractivity contribution in [2.45, 2.75) is 0 Å². The van der Waals surface area contributed by atoms with Crippen molar-refractivity contribution in [3.8, 4) is 103 Å². The van der Waals surface area contributed by atoms with Gasteiger partial charge in [0, 0.05) is 22.3 Å². The highest BCUT2D eigenvalue weighted by Crippen LogP contribution is 2.45. The van der Waals surface area contributed by atoms with Crippen LogP contribution in [-0.2, 0) is 10.4 Å². The van der Waals surface area contributed by atoms with Crippen LogP contribution in [0.2, 0.25) is 0 Å². The van der Waals surface area contributed by atoms with Crippen LogP contribution in [0, 0.1) is 0 Å². The van der Waals surface area contributed by atoms with Crippen molar-refractivity contribution < 1.29 is 54.7 Å². The molecular weight excluding hydrogens is 740 g/mol. The third-order valence-corrected chi connectivity index (χ3v) is 9.00. The molecule has 2 heterocycles. The number of nitrogens with zero attached hydrogens (tertiary/aromatic N) is 4. The molecule has 0 aliphatic carbocycles. The molecule has 2 aromatic heterocycles. The lowest BCUT2D eigenvalue weighted by Gasteiger charge is -2.15. The lowest BCUT2D eigenvalue weighted by Crippen LogP contribution is -2.17. The van der Waals surface area contributed by atoms with E-state index < -0.39 is 10.4 Å². The number of ether oxygens (including phenoxy) is 8. The fraction of sp³-hybridized carbons (Fsp3) is 0.222. The van der Waals surface area contributed by atoms with Gasteiger partial charge in [-0.1, -0.05) is 0 Å². The molecule has 0 spiro atoms. The molecule has 0 aliphatic heterocycles. The summed E-state index contributed by atoms with van der Waals surface area (Å²) < 4.78 is 81.9. The van der Waals surface area contributed by atoms with Crippen LogP contribution in [0.5, 0.6) is 57.5 Å². The van der Waals surface area contributed by atoms with Gasteiger partial charge in [-0.2, -0.15) is 30.8 Å². The number of H-pyrrole nitrogens is 2. The first kappa shape index (κ1) is 37.9. The van der Waals surface area contributed by atoms with Crippen molar-refractivity contribution in [3.05, 3.63) is 60.7 Å². The summed E-state index contributed by atoms with van der Waals surface area (Å²) in [6.45, 7) is 0. The molecule has 0 aliphatic rings. The van der Waals surface area contributed by atoms with E-state index in [2.05, 4.69) is 30.8 Å². The third-order valence-electron chi connectivity index (χ3n) is 8.23. The van der Waals surface area contributed by atoms with Gasteiger partial charge < -0.3 is 46.3 Å². The molecule has 0 radical (unpaired) electrons. The molecule has 4 aromatic carbocycles. The average molecular weight is 777 g/mol. The molecule has 288 valence electrons. The molecule has 0 fully saturated rings. The van der Waals surface area contributed by atoms with Crippen LogP contribution < -0.4 is 46.3 Å². The average Bonchev–Trinajstić information content (AvgIpc) is 3.90. The van der Waals surface area contributed by atoms with Gasteiger partial charge in [-0.3, -0.25) is 0 Å². The van der Waals surface area contributed by atoms with E-state index in [1.807, 2.05) is 0 Å². The van der Waals surface area contributed by atoms with Crippen molar-refractivity contribution in [3.63, 3.8) is 0 Å². The van der Waals surface area contributed by atoms with Gasteiger partial charge in [0.15, 0.2) is 46.0 Å². The first-order valence-electron chi connectivity index (χ1n) is 16.0. The van der Waals surface area contributed by atoms with Gasteiger partial charge in [0.1, 0.15) is 22.8 Å². The van der Waals surface area contributed by atoms with Crippen molar-refractivity contribution in [1.82, 2.24) is 30.8 Å². The SMILES string of the molecule is COc1ccc(-c2n[nH]nc2-c2cc(OC)c(OC)c(OC)c2)cc1OS(=O)(=O)Oc1cc(-c2n[nH]nc2-c2cc(OC)c(OC)c(OC)c2)ccc1OC. The fourth-order valence-electron chi connectivity index (χ4n) is 5.72. The standard InChI is InChI=1S/C36H36N6O12S/c1-45-23-11-9-19(31-33(39-41-37-31)21-15-27(47-3)35(51-7)28(16-21)48-4)13-25(23)53-55(43,44)54-26-14-20(10-12-24(26)46-2)32-34(40-42-38-32)22-17-29(49-5)36(52-8)30(18-22)50-6/h9-18H,1-8H3,(H,37,39,41)(H,38,40,42). The van der Waals surface area contributed by atoms with E-state index in [-0.39, 0.29) is 23.0 Å². The molecule has 6 rings (SSSR count). The van der Waals surface area contributed by atoms with E-state index in [9.17, 15) is 8.42 Å². The second-order valence-electron chi connectivity index (χ2n) is 11.2. The van der Waals surface area contributed by atoms with E-state index in [4.69, 9.17) is 46.3 Å². The van der Waals surface area contributed by atoms with Crippen molar-refractivity contribution in [1.29, 1.82) is 0 Å². The van der Waals surface area contributed by atoms with Gasteiger partial charge in [0.05, 0.1) is 56.9 Å². The number of nitrogens with one attached hydrogen (secondary N) is 2. The highest BCUT2D eigenvalue weighted by atomic mass is 32.3. The van der Waals surface area contributed by atoms with Crippen LogP contribution in [0.1, 0.15) is 0 Å². The second kappa shape index (κ2) is 16.0. The zero-order valence-electron chi connectivity index (χ0n) is 30.9. The first-order chi connectivity index (χ1) is 26.6. The number of hydrogen-bond acceptors (Lipinski definition) is 16. The Labute approximate surface area is 315 Å². The summed E-state index contributed by atoms with van der Waals surface area (Å²) >= 11 is 0. The smallest absolute Gasteiger partial charge is 0.493 e. The Balaban J connectivity index is 1.33. The van der Waals surface area contributed by atoms with Crippen LogP contribution in [0.25, 0.3) is 45.0 Å². The summed E-state index contributed by atoms with van der Waals surface area (Å²) in [5.74, 6) is 2.16. The summed E-state index contributed by atoms with van der Waals surface area (Å²) in [6.07, 6.45) is 0. The Bertz CT molecular complexity index is 2220. The van der Waals surface area contributed by atoms with Crippen molar-refractivity contribution >= 4 is 10.4 Å². The van der Waals surface area contributed by atoms with Crippen molar-refractivity contribution in [2.24, 2.45) is 0 Å². The minimum Gasteiger partial charge on any atom is -0.493 e. The number of hydrogen-bond donors (Lipinski definition) is 2. The van der Waals surface area contributed by atoms with Gasteiger partial charge in [0.2, 0.25) is 11.5 Å². The fourth-order valence-corrected chi connectivity index (χ4v) is 6.45. The molecule has 0 bridgehead atoms. The minimum absolute atomic E-state index is 0.0899. The van der Waals surface area contributed by atoms with Gasteiger partial charge in [-0.15, -0.1) is 8.42 Å². The van der Waals surface area contributed by atoms with Gasteiger partial charge in [-0.05, 0) is 60.7 Å². The summed E-state index contributed by atoms with van der Waals surface area (Å²) in [6, 6.07) is 16.0. The second-order valence-corrected chi connectivity index (χ2v) is 12.3. The maximum atomic E-state index is 13.6. The number of methoxy groups -OCH3 is 8. The Morgan fingerprint density at radius 1 is 0.382 bits per heavy atom. The molecule has 19 heteroatoms. The molecule has 0 unspecified atom stereocenters. The van der Waals surface area contributed by atoms with Crippen LogP contribution in [-0.4, -0.2) is 96.1 Å². The number of benzene rings is 4. The lowest BCUT2D eigenvalue weighted by molar-refractivity contribution is 0.324. The maximum absolute atomic E-state index is 13.6. The molecule has 0 saturated carbocycles. The van der Waals surface area contributed by atoms with E-state index >= 15 is 0 Å². The first-order valence-corrected chi connectivity index (χ1v) is 17.4. The van der Waals surface area contributed by atoms with Gasteiger partial charge >= 0.3 is 10.4 Å². The normalized spacial score (nSPS) is 11.1. The van der Waals surface area contributed by atoms with Gasteiger partial charge in [0.25, 0.3) is 0 Å². The molecular formula is C36H36N6O12S. The summed E-state index contributed by atoms with van der Waals surface area (Å²) in [7, 11) is 6.86. The van der Waals surface area contributed by atoms with Crippen LogP contribution in [0.3, 0.4) is 0 Å². The highest BCUT2D eigenvalue weighted by Gasteiger charge is 2.26. The number of aromatic nitrogens is 6. The summed E-state index contributed by atoms with van der Waals surface area (Å²) in [5.41, 5.74) is 3.49. The quantitative estimate of drug-likeness (QED) is 0.127. The zero-order chi connectivity index (χ0) is 39.3. The topological polar surface area (TPSA) is 210 Å². The molecule has 6 aromatic rings. The Morgan fingerprint density at radius 3 is 0.964 bits per heavy atom. The number of aromatic amines is 2. The molecule has 0 saturated heterocycles. The monoisotopic (exact) mass is 776 g/mol. The zero-order valence-corrected chi connectivity index (χ0v) is 31.7. The van der Waals surface area contributed by atoms with Crippen LogP contribution in [0.15, 0.2) is 60.7 Å². The molecule has 2 N–H and O–H groups in total. The predicted octanol–water partition coefficient (Wildman–Crippen LogP) is 5.36. The van der Waals surface area contributed by atoms with E-state index in [1.165, 1.54) is 81.1 Å². The number of rotatable bonds is 16. The van der Waals surface area contributed by atoms with Crippen molar-refractivity contribution in [2.75, 3.05) is 56.9 Å². The Kier molecular flexibility index (Phi) is 11.0. The summed E-state index contributed by atoms with van der Waals surface area (Å²) in [4.78, 5) is 0. The highest BCUT2D eigenvalue weighted by molar-refractivity contribution is 7.82. The third kappa shape index (κ3) is 7.49. The van der Waals surface area contributed by atoms with E-state index in [1.54, 1.807) is 36.4 Å². The minimum atomic E-state index is -4.84. The van der Waals surface area contributed by atoms with E-state index in [0.717, 1.165) is 0 Å².